The molecule has 8 heavy (non-hydrogen) atoms. The van der Waals surface area contributed by atoms with Gasteiger partial charge in [-0.3, -0.25) is 0 Å². The second-order valence-corrected chi connectivity index (χ2v) is 2.69. The molecule has 0 aromatic rings. The summed E-state index contributed by atoms with van der Waals surface area (Å²) in [6.07, 6.45) is 1.20. The molecule has 0 unspecified atom stereocenters. The molecule has 4 N–H and O–H groups in total. The van der Waals surface area contributed by atoms with E-state index < -0.39 is 0 Å². The maximum absolute atomic E-state index is 3.98. The van der Waals surface area contributed by atoms with Crippen molar-refractivity contribution < 1.29 is 10.6 Å². The smallest absolute Gasteiger partial charge is 0.134 e. The van der Waals surface area contributed by atoms with Crippen LogP contribution in [0.15, 0.2) is 0 Å². The van der Waals surface area contributed by atoms with Crippen molar-refractivity contribution in [2.24, 2.45) is 0 Å². The summed E-state index contributed by atoms with van der Waals surface area (Å²) in [6.45, 7) is 3.37. The average Bonchev–Trinajstić information content (AvgIpc) is 1.65. The summed E-state index contributed by atoms with van der Waals surface area (Å²) in [5.41, 5.74) is 3.98. The fourth-order valence-corrected chi connectivity index (χ4v) is 0.722. The minimum atomic E-state index is 0.639. The highest BCUT2D eigenvalue weighted by Crippen LogP contribution is 1.74. The predicted octanol–water partition coefficient (Wildman–Crippen LogP) is -1.85. The van der Waals surface area contributed by atoms with Crippen molar-refractivity contribution in [1.29, 1.82) is 0 Å². The molecule has 0 aromatic heterocycles. The molecule has 0 aliphatic carbocycles. The Morgan fingerprint density at radius 1 is 1.50 bits per heavy atom. The molecule has 0 aromatic carbocycles. The summed E-state index contributed by atoms with van der Waals surface area (Å²) in [7, 11) is 4.32. The maximum atomic E-state index is 3.98. The van der Waals surface area contributed by atoms with Gasteiger partial charge in [0.25, 0.3) is 0 Å². The Labute approximate surface area is 51.7 Å². The van der Waals surface area contributed by atoms with Crippen LogP contribution in [0, 0.1) is 0 Å². The highest BCUT2D eigenvalue weighted by molar-refractivity contribution is 4.42. The van der Waals surface area contributed by atoms with Crippen LogP contribution in [-0.4, -0.2) is 26.7 Å². The van der Waals surface area contributed by atoms with Crippen LogP contribution in [-0.2, 0) is 0 Å². The van der Waals surface area contributed by atoms with Gasteiger partial charge in [0.15, 0.2) is 0 Å². The number of nitrogens with one attached hydrogen (secondary N) is 1. The van der Waals surface area contributed by atoms with Gasteiger partial charge in [0.05, 0.1) is 14.1 Å². The molecular weight excluding hydrogens is 100 g/mol. The topological polar surface area (TPSA) is 32.1 Å². The molecule has 0 amide bonds. The lowest BCUT2D eigenvalue weighted by Gasteiger charge is -2.08. The van der Waals surface area contributed by atoms with Crippen molar-refractivity contribution in [3.05, 3.63) is 0 Å². The first-order chi connectivity index (χ1) is 3.66. The molecule has 0 aliphatic rings. The maximum Gasteiger partial charge on any atom is 0.134 e. The van der Waals surface area contributed by atoms with E-state index in [9.17, 15) is 0 Å². The number of hydrogen-bond acceptors (Lipinski definition) is 0. The van der Waals surface area contributed by atoms with Crippen LogP contribution in [0.3, 0.4) is 0 Å². The van der Waals surface area contributed by atoms with Gasteiger partial charge in [-0.2, -0.15) is 0 Å². The van der Waals surface area contributed by atoms with E-state index in [1.807, 2.05) is 0 Å². The lowest BCUT2D eigenvalue weighted by Crippen LogP contribution is -3.08. The first-order valence-electron chi connectivity index (χ1n) is 3.29. The van der Waals surface area contributed by atoms with E-state index in [0.717, 1.165) is 0 Å². The van der Waals surface area contributed by atoms with E-state index in [-0.39, 0.29) is 0 Å². The Bertz CT molecular complexity index is 52.5. The van der Waals surface area contributed by atoms with Gasteiger partial charge in [-0.1, -0.05) is 6.92 Å². The Morgan fingerprint density at radius 3 is 2.12 bits per heavy atom. The molecular formula is C6H18N2+2. The fraction of sp³-hybridized carbons (Fsp3) is 1.00. The van der Waals surface area contributed by atoms with Gasteiger partial charge in [0, 0.05) is 6.42 Å². The molecule has 0 bridgehead atoms. The third-order valence-corrected chi connectivity index (χ3v) is 1.27. The summed E-state index contributed by atoms with van der Waals surface area (Å²) >= 11 is 0. The van der Waals surface area contributed by atoms with Crippen LogP contribution in [0.25, 0.3) is 0 Å². The molecule has 0 fully saturated rings. The predicted molar refractivity (Wildman–Crippen MR) is 34.6 cm³/mol. The SMILES string of the molecule is CC[C@H]([NH3+])C[NH+](C)C. The molecule has 0 radical (unpaired) electrons. The third kappa shape index (κ3) is 4.09. The fourth-order valence-electron chi connectivity index (χ4n) is 0.722. The molecule has 0 heterocycles. The van der Waals surface area contributed by atoms with Gasteiger partial charge in [-0.05, 0) is 0 Å². The zero-order valence-corrected chi connectivity index (χ0v) is 6.20. The second kappa shape index (κ2) is 3.87. The summed E-state index contributed by atoms with van der Waals surface area (Å²) in [6, 6.07) is 0.639. The van der Waals surface area contributed by atoms with E-state index in [1.165, 1.54) is 17.9 Å². The van der Waals surface area contributed by atoms with Gasteiger partial charge in [0.2, 0.25) is 0 Å². The number of quaternary nitrogens is 2. The number of likely N-dealkylation sites (N-methyl/N-ethyl adjacent to an activating group) is 1. The molecule has 0 aliphatic heterocycles. The van der Waals surface area contributed by atoms with Gasteiger partial charge < -0.3 is 10.6 Å². The standard InChI is InChI=1S/C6H16N2/c1-4-6(7)5-8(2)3/h6H,4-5,7H2,1-3H3/p+2/t6-/m0/s1. The van der Waals surface area contributed by atoms with E-state index in [2.05, 4.69) is 26.8 Å². The molecule has 2 heteroatoms. The Balaban J connectivity index is 3.10. The molecule has 0 saturated carbocycles. The first-order valence-corrected chi connectivity index (χ1v) is 3.29. The van der Waals surface area contributed by atoms with E-state index in [1.54, 1.807) is 0 Å². The van der Waals surface area contributed by atoms with Crippen LogP contribution < -0.4 is 10.6 Å². The van der Waals surface area contributed by atoms with E-state index in [4.69, 9.17) is 0 Å². The van der Waals surface area contributed by atoms with Crippen LogP contribution in [0.1, 0.15) is 13.3 Å². The quantitative estimate of drug-likeness (QED) is 0.436. The minimum Gasteiger partial charge on any atom is -0.350 e. The zero-order valence-electron chi connectivity index (χ0n) is 6.20. The molecule has 50 valence electrons. The van der Waals surface area contributed by atoms with Crippen molar-refractivity contribution in [2.75, 3.05) is 20.6 Å². The van der Waals surface area contributed by atoms with Crippen LogP contribution >= 0.6 is 0 Å². The molecule has 0 rings (SSSR count). The Hall–Kier alpha value is -0.0800. The normalized spacial score (nSPS) is 14.6. The largest absolute Gasteiger partial charge is 0.350 e. The lowest BCUT2D eigenvalue weighted by atomic mass is 10.2. The number of hydrogen-bond donors (Lipinski definition) is 2. The monoisotopic (exact) mass is 118 g/mol. The highest BCUT2D eigenvalue weighted by atomic mass is 15.1. The van der Waals surface area contributed by atoms with Crippen molar-refractivity contribution >= 4 is 0 Å². The van der Waals surface area contributed by atoms with Crippen molar-refractivity contribution in [3.63, 3.8) is 0 Å². The molecule has 1 atom stereocenters. The average molecular weight is 118 g/mol. The Morgan fingerprint density at radius 2 is 2.00 bits per heavy atom. The summed E-state index contributed by atoms with van der Waals surface area (Å²) in [5, 5.41) is 0. The van der Waals surface area contributed by atoms with Crippen molar-refractivity contribution in [3.8, 4) is 0 Å². The molecule has 0 saturated heterocycles. The molecule has 0 spiro atoms. The minimum absolute atomic E-state index is 0.639. The second-order valence-electron chi connectivity index (χ2n) is 2.69. The first kappa shape index (κ1) is 7.92. The van der Waals surface area contributed by atoms with Gasteiger partial charge >= 0.3 is 0 Å². The van der Waals surface area contributed by atoms with Crippen molar-refractivity contribution in [2.45, 2.75) is 19.4 Å². The van der Waals surface area contributed by atoms with Gasteiger partial charge in [0.1, 0.15) is 12.6 Å². The van der Waals surface area contributed by atoms with E-state index in [0.29, 0.717) is 6.04 Å². The van der Waals surface area contributed by atoms with Gasteiger partial charge in [-0.25, -0.2) is 0 Å². The highest BCUT2D eigenvalue weighted by Gasteiger charge is 2.04. The lowest BCUT2D eigenvalue weighted by molar-refractivity contribution is -0.869. The third-order valence-electron chi connectivity index (χ3n) is 1.27. The number of rotatable bonds is 3. The van der Waals surface area contributed by atoms with Gasteiger partial charge in [-0.15, -0.1) is 0 Å². The summed E-state index contributed by atoms with van der Waals surface area (Å²) < 4.78 is 0. The van der Waals surface area contributed by atoms with Crippen molar-refractivity contribution in [1.82, 2.24) is 0 Å². The zero-order chi connectivity index (χ0) is 6.57. The molecule has 2 nitrogen and oxygen atoms in total. The van der Waals surface area contributed by atoms with E-state index >= 15 is 0 Å². The summed E-state index contributed by atoms with van der Waals surface area (Å²) in [4.78, 5) is 1.49. The van der Waals surface area contributed by atoms with Crippen LogP contribution in [0.4, 0.5) is 0 Å². The van der Waals surface area contributed by atoms with Crippen LogP contribution in [0.2, 0.25) is 0 Å². The Kier molecular flexibility index (Phi) is 3.83. The summed E-state index contributed by atoms with van der Waals surface area (Å²) in [5.74, 6) is 0. The van der Waals surface area contributed by atoms with Crippen LogP contribution in [0.5, 0.6) is 0 Å².